The molecular weight excluding hydrogens is 226 g/mol. The average molecular weight is 239 g/mol. The molecule has 3 heteroatoms. The highest BCUT2D eigenvalue weighted by Gasteiger charge is 2.30. The molecule has 1 aromatic carbocycles. The summed E-state index contributed by atoms with van der Waals surface area (Å²) >= 11 is 0. The van der Waals surface area contributed by atoms with E-state index in [0.717, 1.165) is 5.69 Å². The lowest BCUT2D eigenvalue weighted by molar-refractivity contribution is -0.117. The topological polar surface area (TPSA) is 29.5 Å². The molecule has 1 atom stereocenters. The van der Waals surface area contributed by atoms with Crippen molar-refractivity contribution in [2.75, 3.05) is 18.1 Å². The Morgan fingerprint density at radius 1 is 1.39 bits per heavy atom. The van der Waals surface area contributed by atoms with E-state index in [4.69, 9.17) is 17.6 Å². The normalized spacial score (nSPS) is 18.2. The van der Waals surface area contributed by atoms with Crippen molar-refractivity contribution < 1.29 is 9.53 Å². The van der Waals surface area contributed by atoms with Gasteiger partial charge in [-0.2, -0.15) is 0 Å². The van der Waals surface area contributed by atoms with Crippen LogP contribution >= 0.6 is 0 Å². The Kier molecular flexibility index (Phi) is 3.55. The first kappa shape index (κ1) is 12.1. The van der Waals surface area contributed by atoms with Gasteiger partial charge in [0.1, 0.15) is 12.4 Å². The van der Waals surface area contributed by atoms with Crippen molar-refractivity contribution in [3.8, 4) is 30.4 Å². The van der Waals surface area contributed by atoms with Gasteiger partial charge >= 0.3 is 0 Å². The molecule has 1 aromatic rings. The third-order valence-electron chi connectivity index (χ3n) is 2.83. The van der Waals surface area contributed by atoms with Crippen molar-refractivity contribution in [1.82, 2.24) is 0 Å². The Balaban J connectivity index is 2.26. The second-order valence-electron chi connectivity index (χ2n) is 4.03. The molecule has 1 aliphatic rings. The first-order chi connectivity index (χ1) is 8.76. The van der Waals surface area contributed by atoms with E-state index < -0.39 is 0 Å². The van der Waals surface area contributed by atoms with Crippen LogP contribution in [-0.4, -0.2) is 19.1 Å². The molecule has 0 aromatic heterocycles. The lowest BCUT2D eigenvalue weighted by atomic mass is 10.1. The molecule has 1 amide bonds. The molecule has 0 saturated carbocycles. The minimum Gasteiger partial charge on any atom is -0.479 e. The fourth-order valence-electron chi connectivity index (χ4n) is 1.97. The van der Waals surface area contributed by atoms with E-state index in [0.29, 0.717) is 18.7 Å². The summed E-state index contributed by atoms with van der Waals surface area (Å²) in [7, 11) is 0. The summed E-state index contributed by atoms with van der Waals surface area (Å²) in [5, 5.41) is 0. The number of carbonyl (C=O) groups excluding carboxylic acids is 1. The summed E-state index contributed by atoms with van der Waals surface area (Å²) in [5.41, 5.74) is 0.732. The van der Waals surface area contributed by atoms with Gasteiger partial charge in [0.15, 0.2) is 0 Å². The smallest absolute Gasteiger partial charge is 0.228 e. The maximum Gasteiger partial charge on any atom is 0.228 e. The summed E-state index contributed by atoms with van der Waals surface area (Å²) in [6.07, 6.45) is 10.9. The number of benzene rings is 1. The zero-order valence-electron chi connectivity index (χ0n) is 9.93. The molecule has 3 nitrogen and oxygen atoms in total. The minimum absolute atomic E-state index is 0.0229. The highest BCUT2D eigenvalue weighted by Crippen LogP contribution is 2.32. The van der Waals surface area contributed by atoms with E-state index in [-0.39, 0.29) is 18.4 Å². The zero-order valence-corrected chi connectivity index (χ0v) is 9.93. The number of nitrogens with zero attached hydrogens (tertiary/aromatic N) is 1. The predicted molar refractivity (Wildman–Crippen MR) is 70.1 cm³/mol. The van der Waals surface area contributed by atoms with Crippen LogP contribution in [0, 0.1) is 30.6 Å². The quantitative estimate of drug-likeness (QED) is 0.751. The molecule has 2 rings (SSSR count). The summed E-state index contributed by atoms with van der Waals surface area (Å²) in [4.78, 5) is 13.6. The lowest BCUT2D eigenvalue weighted by Gasteiger charge is -2.19. The van der Waals surface area contributed by atoms with Crippen LogP contribution in [0.5, 0.6) is 5.75 Å². The van der Waals surface area contributed by atoms with Gasteiger partial charge < -0.3 is 9.64 Å². The molecule has 1 heterocycles. The van der Waals surface area contributed by atoms with Crippen LogP contribution in [0.25, 0.3) is 0 Å². The standard InChI is InChI=1S/C15H13NO2/c1-3-9-18-14-8-6-5-7-13(14)16-11-12(4-2)10-15(16)17/h1-2,5-8,12H,9-11H2. The van der Waals surface area contributed by atoms with E-state index in [9.17, 15) is 4.79 Å². The molecule has 1 fully saturated rings. The van der Waals surface area contributed by atoms with E-state index in [1.807, 2.05) is 18.2 Å². The van der Waals surface area contributed by atoms with Crippen molar-refractivity contribution in [1.29, 1.82) is 0 Å². The first-order valence-corrected chi connectivity index (χ1v) is 5.68. The third kappa shape index (κ3) is 2.31. The molecule has 1 saturated heterocycles. The molecule has 0 aliphatic carbocycles. The van der Waals surface area contributed by atoms with Gasteiger partial charge in [0, 0.05) is 18.9 Å². The van der Waals surface area contributed by atoms with E-state index >= 15 is 0 Å². The second-order valence-corrected chi connectivity index (χ2v) is 4.03. The highest BCUT2D eigenvalue weighted by atomic mass is 16.5. The fraction of sp³-hybridized carbons (Fsp3) is 0.267. The number of terminal acetylenes is 2. The van der Waals surface area contributed by atoms with Crippen LogP contribution in [0.15, 0.2) is 24.3 Å². The number of carbonyl (C=O) groups is 1. The Labute approximate surface area is 107 Å². The molecule has 0 bridgehead atoms. The maximum atomic E-state index is 11.9. The van der Waals surface area contributed by atoms with Crippen LogP contribution < -0.4 is 9.64 Å². The number of hydrogen-bond acceptors (Lipinski definition) is 2. The van der Waals surface area contributed by atoms with Gasteiger partial charge in [-0.3, -0.25) is 4.79 Å². The Bertz CT molecular complexity index is 536. The van der Waals surface area contributed by atoms with Crippen LogP contribution in [0.4, 0.5) is 5.69 Å². The number of ether oxygens (including phenoxy) is 1. The van der Waals surface area contributed by atoms with Crippen LogP contribution in [0.2, 0.25) is 0 Å². The number of hydrogen-bond donors (Lipinski definition) is 0. The van der Waals surface area contributed by atoms with E-state index in [1.165, 1.54) is 0 Å². The Morgan fingerprint density at radius 3 is 2.83 bits per heavy atom. The predicted octanol–water partition coefficient (Wildman–Crippen LogP) is 1.68. The van der Waals surface area contributed by atoms with Gasteiger partial charge in [-0.05, 0) is 12.1 Å². The average Bonchev–Trinajstić information content (AvgIpc) is 2.78. The molecule has 1 aliphatic heterocycles. The van der Waals surface area contributed by atoms with Crippen LogP contribution in [0.3, 0.4) is 0 Å². The summed E-state index contributed by atoms with van der Waals surface area (Å²) in [6.45, 7) is 0.712. The first-order valence-electron chi connectivity index (χ1n) is 5.68. The third-order valence-corrected chi connectivity index (χ3v) is 2.83. The molecule has 0 radical (unpaired) electrons. The highest BCUT2D eigenvalue weighted by molar-refractivity contribution is 5.97. The molecule has 0 N–H and O–H groups in total. The minimum atomic E-state index is -0.0295. The van der Waals surface area contributed by atoms with Crippen molar-refractivity contribution >= 4 is 11.6 Å². The Morgan fingerprint density at radius 2 is 2.17 bits per heavy atom. The monoisotopic (exact) mass is 239 g/mol. The van der Waals surface area contributed by atoms with Crippen molar-refractivity contribution in [2.45, 2.75) is 6.42 Å². The van der Waals surface area contributed by atoms with Gasteiger partial charge in [0.25, 0.3) is 0 Å². The van der Waals surface area contributed by atoms with Crippen molar-refractivity contribution in [3.05, 3.63) is 24.3 Å². The van der Waals surface area contributed by atoms with Gasteiger partial charge in [-0.1, -0.05) is 18.1 Å². The van der Waals surface area contributed by atoms with Crippen LogP contribution in [-0.2, 0) is 4.79 Å². The maximum absolute atomic E-state index is 11.9. The zero-order chi connectivity index (χ0) is 13.0. The molecule has 0 spiro atoms. The van der Waals surface area contributed by atoms with Gasteiger partial charge in [-0.15, -0.1) is 18.8 Å². The summed E-state index contributed by atoms with van der Waals surface area (Å²) in [5.74, 6) is 5.63. The summed E-state index contributed by atoms with van der Waals surface area (Å²) < 4.78 is 5.43. The van der Waals surface area contributed by atoms with E-state index in [2.05, 4.69) is 11.8 Å². The van der Waals surface area contributed by atoms with E-state index in [1.54, 1.807) is 11.0 Å². The fourth-order valence-corrected chi connectivity index (χ4v) is 1.97. The van der Waals surface area contributed by atoms with Gasteiger partial charge in [-0.25, -0.2) is 0 Å². The lowest BCUT2D eigenvalue weighted by Crippen LogP contribution is -2.25. The Hall–Kier alpha value is -2.39. The molecule has 90 valence electrons. The molecule has 1 unspecified atom stereocenters. The molecular formula is C15H13NO2. The van der Waals surface area contributed by atoms with Gasteiger partial charge in [0.05, 0.1) is 5.69 Å². The summed E-state index contributed by atoms with van der Waals surface area (Å²) in [6, 6.07) is 7.33. The van der Waals surface area contributed by atoms with Crippen LogP contribution in [0.1, 0.15) is 6.42 Å². The largest absolute Gasteiger partial charge is 0.479 e. The number of amides is 1. The van der Waals surface area contributed by atoms with Crippen molar-refractivity contribution in [3.63, 3.8) is 0 Å². The second kappa shape index (κ2) is 5.29. The molecule has 18 heavy (non-hydrogen) atoms. The van der Waals surface area contributed by atoms with Gasteiger partial charge in [0.2, 0.25) is 5.91 Å². The number of rotatable bonds is 3. The number of anilines is 1. The SMILES string of the molecule is C#CCOc1ccccc1N1CC(C#C)CC1=O. The van der Waals surface area contributed by atoms with Crippen molar-refractivity contribution in [2.24, 2.45) is 5.92 Å². The number of para-hydroxylation sites is 2.